The van der Waals surface area contributed by atoms with E-state index < -0.39 is 12.7 Å². The summed E-state index contributed by atoms with van der Waals surface area (Å²) in [6.07, 6.45) is -2.64. The first kappa shape index (κ1) is 10.0. The monoisotopic (exact) mass is 193 g/mol. The molecular formula is C7H10F3N3. The van der Waals surface area contributed by atoms with Crippen LogP contribution in [0, 0.1) is 6.92 Å². The molecule has 0 amide bonds. The van der Waals surface area contributed by atoms with Gasteiger partial charge in [0.05, 0.1) is 12.7 Å². The third kappa shape index (κ3) is 3.45. The predicted octanol–water partition coefficient (Wildman–Crippen LogP) is 1.37. The maximum Gasteiger partial charge on any atom is 0.401 e. The molecule has 6 heteroatoms. The van der Waals surface area contributed by atoms with E-state index in [1.807, 2.05) is 0 Å². The molecule has 0 saturated carbocycles. The second-order valence-electron chi connectivity index (χ2n) is 2.74. The Morgan fingerprint density at radius 2 is 2.23 bits per heavy atom. The van der Waals surface area contributed by atoms with Gasteiger partial charge in [0.15, 0.2) is 0 Å². The summed E-state index contributed by atoms with van der Waals surface area (Å²) in [5.74, 6) is 0. The second kappa shape index (κ2) is 3.78. The highest BCUT2D eigenvalue weighted by atomic mass is 19.4. The lowest BCUT2D eigenvalue weighted by Crippen LogP contribution is -2.28. The van der Waals surface area contributed by atoms with Gasteiger partial charge in [0.2, 0.25) is 0 Å². The van der Waals surface area contributed by atoms with Gasteiger partial charge in [-0.3, -0.25) is 5.10 Å². The number of H-pyrrole nitrogens is 1. The van der Waals surface area contributed by atoms with Gasteiger partial charge in [-0.1, -0.05) is 0 Å². The lowest BCUT2D eigenvalue weighted by Gasteiger charge is -2.06. The molecule has 2 N–H and O–H groups in total. The van der Waals surface area contributed by atoms with Crippen LogP contribution >= 0.6 is 0 Å². The van der Waals surface area contributed by atoms with Crippen LogP contribution in [-0.2, 0) is 6.54 Å². The molecule has 0 unspecified atom stereocenters. The zero-order chi connectivity index (χ0) is 9.90. The molecule has 0 aliphatic rings. The van der Waals surface area contributed by atoms with Gasteiger partial charge in [-0.05, 0) is 6.92 Å². The van der Waals surface area contributed by atoms with Crippen molar-refractivity contribution in [2.45, 2.75) is 19.6 Å². The van der Waals surface area contributed by atoms with Crippen molar-refractivity contribution < 1.29 is 13.2 Å². The summed E-state index contributed by atoms with van der Waals surface area (Å²) < 4.78 is 35.1. The molecule has 1 heterocycles. The van der Waals surface area contributed by atoms with Gasteiger partial charge in [-0.15, -0.1) is 0 Å². The van der Waals surface area contributed by atoms with Crippen molar-refractivity contribution in [3.63, 3.8) is 0 Å². The fraction of sp³-hybridized carbons (Fsp3) is 0.571. The largest absolute Gasteiger partial charge is 0.401 e. The van der Waals surface area contributed by atoms with Crippen LogP contribution in [0.2, 0.25) is 0 Å². The van der Waals surface area contributed by atoms with Crippen molar-refractivity contribution in [3.05, 3.63) is 17.5 Å². The Kier molecular flexibility index (Phi) is 2.92. The van der Waals surface area contributed by atoms with E-state index >= 15 is 0 Å². The van der Waals surface area contributed by atoms with Crippen molar-refractivity contribution in [3.8, 4) is 0 Å². The van der Waals surface area contributed by atoms with Gasteiger partial charge >= 0.3 is 6.18 Å². The molecule has 0 aliphatic heterocycles. The number of alkyl halides is 3. The summed E-state index contributed by atoms with van der Waals surface area (Å²) in [4.78, 5) is 0. The number of nitrogens with zero attached hydrogens (tertiary/aromatic N) is 1. The Morgan fingerprint density at radius 1 is 1.54 bits per heavy atom. The summed E-state index contributed by atoms with van der Waals surface area (Å²) in [6.45, 7) is 0.969. The number of aromatic amines is 1. The van der Waals surface area contributed by atoms with E-state index in [2.05, 4.69) is 15.5 Å². The maximum absolute atomic E-state index is 11.7. The average Bonchev–Trinajstić information content (AvgIpc) is 2.34. The third-order valence-electron chi connectivity index (χ3n) is 1.58. The van der Waals surface area contributed by atoms with Gasteiger partial charge in [0.25, 0.3) is 0 Å². The predicted molar refractivity (Wildman–Crippen MR) is 41.1 cm³/mol. The fourth-order valence-electron chi connectivity index (χ4n) is 0.893. The van der Waals surface area contributed by atoms with E-state index in [0.717, 1.165) is 11.3 Å². The molecule has 0 aromatic carbocycles. The highest BCUT2D eigenvalue weighted by Gasteiger charge is 2.26. The minimum absolute atomic E-state index is 0.182. The van der Waals surface area contributed by atoms with E-state index in [0.29, 0.717) is 0 Å². The maximum atomic E-state index is 11.7. The van der Waals surface area contributed by atoms with Gasteiger partial charge in [-0.2, -0.15) is 18.3 Å². The summed E-state index contributed by atoms with van der Waals surface area (Å²) in [5, 5.41) is 8.62. The van der Waals surface area contributed by atoms with Crippen molar-refractivity contribution in [1.82, 2.24) is 15.5 Å². The first-order chi connectivity index (χ1) is 5.99. The highest BCUT2D eigenvalue weighted by Crippen LogP contribution is 2.12. The second-order valence-corrected chi connectivity index (χ2v) is 2.74. The quantitative estimate of drug-likeness (QED) is 0.761. The lowest BCUT2D eigenvalue weighted by atomic mass is 10.2. The van der Waals surface area contributed by atoms with E-state index in [9.17, 15) is 13.2 Å². The van der Waals surface area contributed by atoms with Crippen molar-refractivity contribution in [2.75, 3.05) is 6.54 Å². The van der Waals surface area contributed by atoms with Gasteiger partial charge in [-0.25, -0.2) is 0 Å². The molecule has 0 spiro atoms. The van der Waals surface area contributed by atoms with Crippen LogP contribution in [0.15, 0.2) is 6.20 Å². The first-order valence-corrected chi connectivity index (χ1v) is 3.75. The SMILES string of the molecule is Cc1[nH]ncc1CNCC(F)(F)F. The summed E-state index contributed by atoms with van der Waals surface area (Å²) >= 11 is 0. The lowest BCUT2D eigenvalue weighted by molar-refractivity contribution is -0.125. The van der Waals surface area contributed by atoms with E-state index in [4.69, 9.17) is 0 Å². The number of hydrogen-bond acceptors (Lipinski definition) is 2. The Bertz CT molecular complexity index is 266. The highest BCUT2D eigenvalue weighted by molar-refractivity contribution is 5.13. The van der Waals surface area contributed by atoms with E-state index in [1.54, 1.807) is 6.92 Å². The Hall–Kier alpha value is -1.04. The molecule has 1 aromatic rings. The van der Waals surface area contributed by atoms with Crippen molar-refractivity contribution >= 4 is 0 Å². The number of aromatic nitrogens is 2. The Labute approximate surface area is 73.3 Å². The van der Waals surface area contributed by atoms with Crippen LogP contribution in [0.1, 0.15) is 11.3 Å². The minimum atomic E-state index is -4.16. The third-order valence-corrected chi connectivity index (χ3v) is 1.58. The van der Waals surface area contributed by atoms with Crippen LogP contribution in [-0.4, -0.2) is 22.9 Å². The van der Waals surface area contributed by atoms with Crippen molar-refractivity contribution in [1.29, 1.82) is 0 Å². The molecule has 0 atom stereocenters. The standard InChI is InChI=1S/C7H10F3N3/c1-5-6(3-12-13-5)2-11-4-7(8,9)10/h3,11H,2,4H2,1H3,(H,12,13). The Balaban J connectivity index is 2.32. The zero-order valence-electron chi connectivity index (χ0n) is 7.07. The van der Waals surface area contributed by atoms with E-state index in [-0.39, 0.29) is 6.54 Å². The molecule has 1 aromatic heterocycles. The molecule has 74 valence electrons. The Morgan fingerprint density at radius 3 is 2.69 bits per heavy atom. The van der Waals surface area contributed by atoms with Gasteiger partial charge in [0, 0.05) is 17.8 Å². The first-order valence-electron chi connectivity index (χ1n) is 3.75. The average molecular weight is 193 g/mol. The summed E-state index contributed by atoms with van der Waals surface area (Å²) in [6, 6.07) is 0. The molecule has 0 aliphatic carbocycles. The smallest absolute Gasteiger partial charge is 0.304 e. The molecule has 0 bridgehead atoms. The van der Waals surface area contributed by atoms with Crippen LogP contribution in [0.3, 0.4) is 0 Å². The van der Waals surface area contributed by atoms with Gasteiger partial charge < -0.3 is 5.32 Å². The summed E-state index contributed by atoms with van der Waals surface area (Å²) in [5.41, 5.74) is 1.54. The zero-order valence-corrected chi connectivity index (χ0v) is 7.07. The molecular weight excluding hydrogens is 183 g/mol. The normalized spacial score (nSPS) is 12.0. The van der Waals surface area contributed by atoms with Crippen LogP contribution in [0.4, 0.5) is 13.2 Å². The molecule has 1 rings (SSSR count). The number of rotatable bonds is 3. The van der Waals surface area contributed by atoms with E-state index in [1.165, 1.54) is 6.20 Å². The fourth-order valence-corrected chi connectivity index (χ4v) is 0.893. The molecule has 0 fully saturated rings. The molecule has 3 nitrogen and oxygen atoms in total. The van der Waals surface area contributed by atoms with Crippen molar-refractivity contribution in [2.24, 2.45) is 0 Å². The van der Waals surface area contributed by atoms with Crippen LogP contribution in [0.5, 0.6) is 0 Å². The summed E-state index contributed by atoms with van der Waals surface area (Å²) in [7, 11) is 0. The number of aryl methyl sites for hydroxylation is 1. The molecule has 13 heavy (non-hydrogen) atoms. The minimum Gasteiger partial charge on any atom is -0.304 e. The number of hydrogen-bond donors (Lipinski definition) is 2. The topological polar surface area (TPSA) is 40.7 Å². The number of halogens is 3. The molecule has 0 radical (unpaired) electrons. The number of nitrogens with one attached hydrogen (secondary N) is 2. The van der Waals surface area contributed by atoms with Crippen LogP contribution in [0.25, 0.3) is 0 Å². The molecule has 0 saturated heterocycles. The van der Waals surface area contributed by atoms with Crippen LogP contribution < -0.4 is 5.32 Å². The van der Waals surface area contributed by atoms with Gasteiger partial charge in [0.1, 0.15) is 0 Å².